The normalized spacial score (nSPS) is 10.8. The molecule has 0 saturated heterocycles. The summed E-state index contributed by atoms with van der Waals surface area (Å²) in [7, 11) is 0. The van der Waals surface area contributed by atoms with Crippen molar-refractivity contribution in [2.75, 3.05) is 18.5 Å². The Labute approximate surface area is 159 Å². The number of anilines is 1. The van der Waals surface area contributed by atoms with Crippen molar-refractivity contribution >= 4 is 44.6 Å². The maximum Gasteiger partial charge on any atom is 0.267 e. The molecule has 1 aromatic heterocycles. The highest BCUT2D eigenvalue weighted by Gasteiger charge is 2.19. The number of hydrogen-bond donors (Lipinski definition) is 1. The average Bonchev–Trinajstić information content (AvgIpc) is 2.93. The van der Waals surface area contributed by atoms with Gasteiger partial charge >= 0.3 is 0 Å². The van der Waals surface area contributed by atoms with Crippen LogP contribution >= 0.6 is 22.9 Å². The second kappa shape index (κ2) is 7.93. The molecule has 0 saturated carbocycles. The first kappa shape index (κ1) is 18.5. The van der Waals surface area contributed by atoms with E-state index in [-0.39, 0.29) is 11.7 Å². The Balaban J connectivity index is 1.94. The summed E-state index contributed by atoms with van der Waals surface area (Å²) in [6.45, 7) is 4.71. The first-order valence-corrected chi connectivity index (χ1v) is 9.31. The van der Waals surface area contributed by atoms with Crippen LogP contribution in [0, 0.1) is 5.82 Å². The summed E-state index contributed by atoms with van der Waals surface area (Å²) in [6, 6.07) is 9.48. The number of thiophene rings is 1. The highest BCUT2D eigenvalue weighted by atomic mass is 35.5. The first-order chi connectivity index (χ1) is 12.5. The van der Waals surface area contributed by atoms with E-state index in [1.54, 1.807) is 24.3 Å². The number of ether oxygens (including phenoxy) is 2. The van der Waals surface area contributed by atoms with E-state index in [9.17, 15) is 9.18 Å². The van der Waals surface area contributed by atoms with Gasteiger partial charge in [-0.15, -0.1) is 11.3 Å². The van der Waals surface area contributed by atoms with E-state index >= 15 is 0 Å². The summed E-state index contributed by atoms with van der Waals surface area (Å²) < 4.78 is 25.1. The Morgan fingerprint density at radius 1 is 1.15 bits per heavy atom. The molecule has 3 rings (SSSR count). The van der Waals surface area contributed by atoms with Gasteiger partial charge in [0.15, 0.2) is 0 Å². The number of rotatable bonds is 6. The number of carbonyl (C=O) groups excluding carboxylic acids is 1. The van der Waals surface area contributed by atoms with Crippen LogP contribution in [-0.2, 0) is 0 Å². The quantitative estimate of drug-likeness (QED) is 0.580. The van der Waals surface area contributed by atoms with E-state index in [0.717, 1.165) is 11.3 Å². The Morgan fingerprint density at radius 2 is 1.92 bits per heavy atom. The molecule has 1 heterocycles. The SMILES string of the molecule is CCOc1ccc(OCC)c(NC(=O)c2sc3cc(F)ccc3c2Cl)c1. The molecule has 0 aliphatic carbocycles. The standard InChI is InChI=1S/C19H17ClFNO3S/c1-3-24-12-6-8-15(25-4-2)14(10-12)22-19(23)18-17(20)13-7-5-11(21)9-16(13)26-18/h5-10H,3-4H2,1-2H3,(H,22,23). The van der Waals surface area contributed by atoms with Crippen molar-refractivity contribution in [3.63, 3.8) is 0 Å². The fourth-order valence-electron chi connectivity index (χ4n) is 2.51. The maximum atomic E-state index is 13.4. The van der Waals surface area contributed by atoms with Crippen molar-refractivity contribution < 1.29 is 18.7 Å². The zero-order valence-electron chi connectivity index (χ0n) is 14.3. The third-order valence-corrected chi connectivity index (χ3v) is 5.26. The monoisotopic (exact) mass is 393 g/mol. The maximum absolute atomic E-state index is 13.4. The Morgan fingerprint density at radius 3 is 2.65 bits per heavy atom. The van der Waals surface area contributed by atoms with Gasteiger partial charge in [-0.1, -0.05) is 11.6 Å². The van der Waals surface area contributed by atoms with E-state index in [0.29, 0.717) is 50.4 Å². The number of halogens is 2. The van der Waals surface area contributed by atoms with Gasteiger partial charge in [0, 0.05) is 16.2 Å². The van der Waals surface area contributed by atoms with Crippen molar-refractivity contribution in [1.82, 2.24) is 0 Å². The fourth-order valence-corrected chi connectivity index (χ4v) is 3.95. The molecule has 0 radical (unpaired) electrons. The lowest BCUT2D eigenvalue weighted by atomic mass is 10.2. The third-order valence-electron chi connectivity index (χ3n) is 3.61. The molecule has 0 aliphatic rings. The van der Waals surface area contributed by atoms with Crippen molar-refractivity contribution in [1.29, 1.82) is 0 Å². The van der Waals surface area contributed by atoms with E-state index in [1.165, 1.54) is 12.1 Å². The minimum Gasteiger partial charge on any atom is -0.494 e. The lowest BCUT2D eigenvalue weighted by molar-refractivity contribution is 0.103. The van der Waals surface area contributed by atoms with Crippen molar-refractivity contribution in [2.24, 2.45) is 0 Å². The van der Waals surface area contributed by atoms with Crippen LogP contribution in [-0.4, -0.2) is 19.1 Å². The minimum absolute atomic E-state index is 0.307. The molecule has 136 valence electrons. The van der Waals surface area contributed by atoms with Gasteiger partial charge in [-0.2, -0.15) is 0 Å². The molecule has 26 heavy (non-hydrogen) atoms. The molecule has 7 heteroatoms. The number of carbonyl (C=O) groups is 1. The van der Waals surface area contributed by atoms with E-state index in [4.69, 9.17) is 21.1 Å². The number of benzene rings is 2. The molecule has 4 nitrogen and oxygen atoms in total. The molecule has 0 spiro atoms. The van der Waals surface area contributed by atoms with Gasteiger partial charge in [-0.05, 0) is 44.2 Å². The second-order valence-corrected chi connectivity index (χ2v) is 6.79. The number of amides is 1. The molecule has 0 unspecified atom stereocenters. The summed E-state index contributed by atoms with van der Waals surface area (Å²) in [5, 5.41) is 3.77. The highest BCUT2D eigenvalue weighted by molar-refractivity contribution is 7.21. The summed E-state index contributed by atoms with van der Waals surface area (Å²) in [4.78, 5) is 13.1. The Kier molecular flexibility index (Phi) is 5.64. The van der Waals surface area contributed by atoms with Crippen LogP contribution in [0.25, 0.3) is 10.1 Å². The molecular weight excluding hydrogens is 377 g/mol. The zero-order chi connectivity index (χ0) is 18.7. The van der Waals surface area contributed by atoms with Crippen LogP contribution in [0.3, 0.4) is 0 Å². The summed E-state index contributed by atoms with van der Waals surface area (Å²) in [5.74, 6) is 0.403. The highest BCUT2D eigenvalue weighted by Crippen LogP contribution is 2.37. The molecule has 2 aromatic carbocycles. The predicted molar refractivity (Wildman–Crippen MR) is 104 cm³/mol. The zero-order valence-corrected chi connectivity index (χ0v) is 15.8. The fraction of sp³-hybridized carbons (Fsp3) is 0.211. The van der Waals surface area contributed by atoms with Gasteiger partial charge in [-0.25, -0.2) is 4.39 Å². The van der Waals surface area contributed by atoms with Crippen molar-refractivity contribution in [3.05, 3.63) is 52.1 Å². The Hall–Kier alpha value is -2.31. The van der Waals surface area contributed by atoms with Crippen molar-refractivity contribution in [3.8, 4) is 11.5 Å². The van der Waals surface area contributed by atoms with Gasteiger partial charge in [0.25, 0.3) is 5.91 Å². The van der Waals surface area contributed by atoms with E-state index in [2.05, 4.69) is 5.32 Å². The number of hydrogen-bond acceptors (Lipinski definition) is 4. The molecular formula is C19H17ClFNO3S. The molecule has 3 aromatic rings. The summed E-state index contributed by atoms with van der Waals surface area (Å²) >= 11 is 7.47. The van der Waals surface area contributed by atoms with Gasteiger partial charge < -0.3 is 14.8 Å². The molecule has 1 amide bonds. The first-order valence-electron chi connectivity index (χ1n) is 8.12. The summed E-state index contributed by atoms with van der Waals surface area (Å²) in [5.41, 5.74) is 0.488. The third kappa shape index (κ3) is 3.76. The minimum atomic E-state index is -0.383. The van der Waals surface area contributed by atoms with E-state index < -0.39 is 0 Å². The lowest BCUT2D eigenvalue weighted by Crippen LogP contribution is -2.12. The van der Waals surface area contributed by atoms with Gasteiger partial charge in [-0.3, -0.25) is 4.79 Å². The molecule has 0 atom stereocenters. The van der Waals surface area contributed by atoms with Gasteiger partial charge in [0.2, 0.25) is 0 Å². The van der Waals surface area contributed by atoms with E-state index in [1.807, 2.05) is 13.8 Å². The van der Waals surface area contributed by atoms with Crippen LogP contribution in [0.4, 0.5) is 10.1 Å². The van der Waals surface area contributed by atoms with Gasteiger partial charge in [0.05, 0.1) is 23.9 Å². The average molecular weight is 394 g/mol. The lowest BCUT2D eigenvalue weighted by Gasteiger charge is -2.13. The second-order valence-electron chi connectivity index (χ2n) is 5.36. The van der Waals surface area contributed by atoms with Crippen LogP contribution in [0.5, 0.6) is 11.5 Å². The molecule has 1 N–H and O–H groups in total. The smallest absolute Gasteiger partial charge is 0.267 e. The van der Waals surface area contributed by atoms with Crippen LogP contribution in [0.2, 0.25) is 5.02 Å². The Bertz CT molecular complexity index is 957. The van der Waals surface area contributed by atoms with Crippen LogP contribution < -0.4 is 14.8 Å². The van der Waals surface area contributed by atoms with Crippen LogP contribution in [0.15, 0.2) is 36.4 Å². The molecule has 0 aliphatic heterocycles. The molecule has 0 fully saturated rings. The predicted octanol–water partition coefficient (Wildman–Crippen LogP) is 5.74. The number of nitrogens with one attached hydrogen (secondary N) is 1. The van der Waals surface area contributed by atoms with Crippen LogP contribution in [0.1, 0.15) is 23.5 Å². The number of fused-ring (bicyclic) bond motifs is 1. The van der Waals surface area contributed by atoms with Crippen molar-refractivity contribution in [2.45, 2.75) is 13.8 Å². The largest absolute Gasteiger partial charge is 0.494 e. The molecule has 0 bridgehead atoms. The summed E-state index contributed by atoms with van der Waals surface area (Å²) in [6.07, 6.45) is 0. The topological polar surface area (TPSA) is 47.6 Å². The van der Waals surface area contributed by atoms with Gasteiger partial charge in [0.1, 0.15) is 22.2 Å².